The molecule has 2 aliphatic heterocycles. The Morgan fingerprint density at radius 3 is 2.84 bits per heavy atom. The first-order valence-electron chi connectivity index (χ1n) is 7.76. The lowest BCUT2D eigenvalue weighted by atomic mass is 10.0. The van der Waals surface area contributed by atoms with Gasteiger partial charge in [0.1, 0.15) is 11.5 Å². The fourth-order valence-corrected chi connectivity index (χ4v) is 3.88. The molecular formula is C16H18F2N2O4S. The Hall–Kier alpha value is -1.71. The fourth-order valence-electron chi connectivity index (χ4n) is 2.72. The maximum atomic E-state index is 13.4. The van der Waals surface area contributed by atoms with E-state index >= 15 is 0 Å². The van der Waals surface area contributed by atoms with Gasteiger partial charge in [0.05, 0.1) is 18.8 Å². The number of amidine groups is 1. The highest BCUT2D eigenvalue weighted by Crippen LogP contribution is 2.39. The number of amides is 1. The quantitative estimate of drug-likeness (QED) is 0.880. The molecule has 6 nitrogen and oxygen atoms in total. The number of hydrogen-bond acceptors (Lipinski definition) is 5. The van der Waals surface area contributed by atoms with E-state index in [0.717, 1.165) is 22.2 Å². The molecule has 0 radical (unpaired) electrons. The second-order valence-corrected chi connectivity index (χ2v) is 6.88. The average molecular weight is 372 g/mol. The molecule has 25 heavy (non-hydrogen) atoms. The first-order chi connectivity index (χ1) is 12.0. The fraction of sp³-hybridized carbons (Fsp3) is 0.500. The zero-order valence-corrected chi connectivity index (χ0v) is 14.2. The predicted molar refractivity (Wildman–Crippen MR) is 88.9 cm³/mol. The summed E-state index contributed by atoms with van der Waals surface area (Å²) in [7, 11) is 1.36. The molecule has 3 rings (SSSR count). The van der Waals surface area contributed by atoms with Crippen LogP contribution in [0.2, 0.25) is 0 Å². The van der Waals surface area contributed by atoms with Crippen molar-refractivity contribution in [3.63, 3.8) is 0 Å². The molecule has 0 aromatic heterocycles. The van der Waals surface area contributed by atoms with Crippen LogP contribution in [0.4, 0.5) is 13.6 Å². The zero-order valence-electron chi connectivity index (χ0n) is 13.4. The molecule has 1 amide bonds. The third-order valence-corrected chi connectivity index (χ3v) is 5.32. The van der Waals surface area contributed by atoms with E-state index < -0.39 is 36.2 Å². The van der Waals surface area contributed by atoms with Crippen molar-refractivity contribution in [1.29, 1.82) is 0 Å². The van der Waals surface area contributed by atoms with E-state index in [-0.39, 0.29) is 18.2 Å². The second kappa shape index (κ2) is 7.67. The van der Waals surface area contributed by atoms with Crippen LogP contribution < -0.4 is 0 Å². The standard InChI is InChI=1S/C16H18F2N2O4S/c1-20(16(21)22)15-19-10-7-11(12(13(17)18)24-14(10)25-15)23-8-9-5-3-2-4-6-9/h2-6,10-14H,7-8H2,1H3,(H,21,22)/t10-,11+,12+,14-/m1/s1. The molecule has 2 aliphatic rings. The highest BCUT2D eigenvalue weighted by Gasteiger charge is 2.47. The van der Waals surface area contributed by atoms with Crippen molar-refractivity contribution >= 4 is 23.0 Å². The van der Waals surface area contributed by atoms with E-state index in [1.807, 2.05) is 30.3 Å². The number of rotatable bonds is 4. The summed E-state index contributed by atoms with van der Waals surface area (Å²) in [5.74, 6) is 0. The summed E-state index contributed by atoms with van der Waals surface area (Å²) in [5.41, 5.74) is 0.264. The van der Waals surface area contributed by atoms with Crippen molar-refractivity contribution < 1.29 is 28.2 Å². The number of carbonyl (C=O) groups is 1. The Kier molecular flexibility index (Phi) is 5.55. The van der Waals surface area contributed by atoms with E-state index in [0.29, 0.717) is 0 Å². The molecule has 1 saturated heterocycles. The molecule has 4 atom stereocenters. The van der Waals surface area contributed by atoms with Gasteiger partial charge in [-0.2, -0.15) is 0 Å². The normalized spacial score (nSPS) is 28.6. The van der Waals surface area contributed by atoms with E-state index in [1.165, 1.54) is 7.05 Å². The Bertz CT molecular complexity index is 646. The highest BCUT2D eigenvalue weighted by atomic mass is 32.2. The van der Waals surface area contributed by atoms with Crippen LogP contribution in [0.1, 0.15) is 12.0 Å². The molecular weight excluding hydrogens is 354 g/mol. The van der Waals surface area contributed by atoms with Crippen molar-refractivity contribution in [2.24, 2.45) is 4.99 Å². The molecule has 1 aromatic rings. The maximum absolute atomic E-state index is 13.4. The van der Waals surface area contributed by atoms with Crippen molar-refractivity contribution in [3.05, 3.63) is 35.9 Å². The first kappa shape index (κ1) is 18.1. The summed E-state index contributed by atoms with van der Waals surface area (Å²) >= 11 is 1.05. The number of hydrogen-bond donors (Lipinski definition) is 1. The summed E-state index contributed by atoms with van der Waals surface area (Å²) < 4.78 is 37.9. The smallest absolute Gasteiger partial charge is 0.413 e. The van der Waals surface area contributed by atoms with Crippen molar-refractivity contribution in [2.75, 3.05) is 7.05 Å². The van der Waals surface area contributed by atoms with Gasteiger partial charge in [0.25, 0.3) is 6.43 Å². The summed E-state index contributed by atoms with van der Waals surface area (Å²) in [5, 5.41) is 9.27. The SMILES string of the molecule is CN(C(=O)O)C1=N[C@@H]2C[C@H](OCc3ccccc3)[C@@H](C(F)F)O[C@@H]2S1. The Morgan fingerprint density at radius 1 is 1.48 bits per heavy atom. The number of carboxylic acid groups (broad SMARTS) is 1. The summed E-state index contributed by atoms with van der Waals surface area (Å²) in [4.78, 5) is 16.3. The molecule has 1 aromatic carbocycles. The van der Waals surface area contributed by atoms with Crippen molar-refractivity contribution in [2.45, 2.75) is 43.1 Å². The molecule has 0 spiro atoms. The molecule has 0 bridgehead atoms. The van der Waals surface area contributed by atoms with Crippen LogP contribution in [0.15, 0.2) is 35.3 Å². The average Bonchev–Trinajstić information content (AvgIpc) is 3.01. The number of fused-ring (bicyclic) bond motifs is 1. The second-order valence-electron chi connectivity index (χ2n) is 5.81. The Balaban J connectivity index is 1.68. The largest absolute Gasteiger partial charge is 0.465 e. The lowest BCUT2D eigenvalue weighted by molar-refractivity contribution is -0.173. The van der Waals surface area contributed by atoms with Gasteiger partial charge in [0.15, 0.2) is 5.17 Å². The lowest BCUT2D eigenvalue weighted by Gasteiger charge is -2.36. The van der Waals surface area contributed by atoms with Gasteiger partial charge >= 0.3 is 6.09 Å². The maximum Gasteiger partial charge on any atom is 0.413 e. The minimum Gasteiger partial charge on any atom is -0.465 e. The molecule has 9 heteroatoms. The molecule has 0 saturated carbocycles. The van der Waals surface area contributed by atoms with Gasteiger partial charge < -0.3 is 14.6 Å². The molecule has 1 fully saturated rings. The minimum absolute atomic E-state index is 0.203. The van der Waals surface area contributed by atoms with E-state index in [4.69, 9.17) is 14.6 Å². The van der Waals surface area contributed by atoms with E-state index in [2.05, 4.69) is 4.99 Å². The van der Waals surface area contributed by atoms with Crippen LogP contribution in [0.25, 0.3) is 0 Å². The Labute approximate surface area is 147 Å². The Morgan fingerprint density at radius 2 is 2.20 bits per heavy atom. The van der Waals surface area contributed by atoms with E-state index in [1.54, 1.807) is 0 Å². The van der Waals surface area contributed by atoms with Gasteiger partial charge in [0.2, 0.25) is 0 Å². The third-order valence-electron chi connectivity index (χ3n) is 4.07. The number of alkyl halides is 2. The number of halogens is 2. The number of thioether (sulfide) groups is 1. The first-order valence-corrected chi connectivity index (χ1v) is 8.64. The zero-order chi connectivity index (χ0) is 18.0. The van der Waals surface area contributed by atoms with Gasteiger partial charge in [-0.05, 0) is 5.56 Å². The lowest BCUT2D eigenvalue weighted by Crippen LogP contribution is -2.48. The molecule has 1 N–H and O–H groups in total. The van der Waals surface area contributed by atoms with Crippen LogP contribution in [-0.2, 0) is 16.1 Å². The van der Waals surface area contributed by atoms with Gasteiger partial charge in [-0.25, -0.2) is 13.6 Å². The molecule has 0 unspecified atom stereocenters. The predicted octanol–water partition coefficient (Wildman–Crippen LogP) is 3.03. The molecule has 0 aliphatic carbocycles. The van der Waals surface area contributed by atoms with Crippen LogP contribution in [0.5, 0.6) is 0 Å². The summed E-state index contributed by atoms with van der Waals surface area (Å²) in [6.07, 6.45) is -5.76. The molecule has 136 valence electrons. The van der Waals surface area contributed by atoms with Crippen molar-refractivity contribution in [1.82, 2.24) is 4.90 Å². The highest BCUT2D eigenvalue weighted by molar-refractivity contribution is 8.14. The van der Waals surface area contributed by atoms with Crippen LogP contribution in [0, 0.1) is 0 Å². The van der Waals surface area contributed by atoms with Crippen LogP contribution in [-0.4, -0.2) is 58.4 Å². The summed E-state index contributed by atoms with van der Waals surface area (Å²) in [6, 6.07) is 8.87. The number of benzene rings is 1. The minimum atomic E-state index is -2.69. The number of aliphatic imine (C=N–C) groups is 1. The summed E-state index contributed by atoms with van der Waals surface area (Å²) in [6.45, 7) is 0.203. The monoisotopic (exact) mass is 372 g/mol. The van der Waals surface area contributed by atoms with Crippen molar-refractivity contribution in [3.8, 4) is 0 Å². The third kappa shape index (κ3) is 4.10. The van der Waals surface area contributed by atoms with E-state index in [9.17, 15) is 13.6 Å². The van der Waals surface area contributed by atoms with Gasteiger partial charge in [0, 0.05) is 13.5 Å². The van der Waals surface area contributed by atoms with Gasteiger partial charge in [-0.3, -0.25) is 9.89 Å². The van der Waals surface area contributed by atoms with Crippen LogP contribution in [0.3, 0.4) is 0 Å². The topological polar surface area (TPSA) is 71.4 Å². The number of ether oxygens (including phenoxy) is 2. The number of nitrogens with zero attached hydrogens (tertiary/aromatic N) is 2. The molecule has 2 heterocycles. The van der Waals surface area contributed by atoms with Gasteiger partial charge in [-0.1, -0.05) is 42.1 Å². The van der Waals surface area contributed by atoms with Gasteiger partial charge in [-0.15, -0.1) is 0 Å². The van der Waals surface area contributed by atoms with Crippen LogP contribution >= 0.6 is 11.8 Å².